The third kappa shape index (κ3) is 1.89. The fourth-order valence-corrected chi connectivity index (χ4v) is 1.88. The van der Waals surface area contributed by atoms with E-state index >= 15 is 0 Å². The molecule has 82 valence electrons. The molecule has 2 aromatic rings. The Kier molecular flexibility index (Phi) is 2.84. The minimum atomic E-state index is 0.587. The number of hydrogen-bond acceptors (Lipinski definition) is 2. The average Bonchev–Trinajstić information content (AvgIpc) is 2.59. The van der Waals surface area contributed by atoms with Crippen LogP contribution in [0.25, 0.3) is 11.3 Å². The number of hydrogen-bond donors (Lipinski definition) is 0. The lowest BCUT2D eigenvalue weighted by atomic mass is 10.1. The molecular weight excluding hydrogens is 224 g/mol. The Hall–Kier alpha value is -1.54. The van der Waals surface area contributed by atoms with E-state index in [9.17, 15) is 4.79 Å². The van der Waals surface area contributed by atoms with E-state index in [0.717, 1.165) is 17.4 Å². The predicted molar refractivity (Wildman–Crippen MR) is 64.0 cm³/mol. The van der Waals surface area contributed by atoms with Gasteiger partial charge in [0, 0.05) is 10.6 Å². The monoisotopic (exact) mass is 234 g/mol. The second-order valence-corrected chi connectivity index (χ2v) is 4.14. The van der Waals surface area contributed by atoms with Gasteiger partial charge in [0.15, 0.2) is 6.29 Å². The molecule has 16 heavy (non-hydrogen) atoms. The first kappa shape index (κ1) is 11.0. The molecule has 1 heterocycles. The van der Waals surface area contributed by atoms with Crippen LogP contribution in [0.1, 0.15) is 21.7 Å². The van der Waals surface area contributed by atoms with Gasteiger partial charge in [-0.3, -0.25) is 4.79 Å². The van der Waals surface area contributed by atoms with Crippen molar-refractivity contribution >= 4 is 17.9 Å². The molecule has 0 radical (unpaired) electrons. The number of halogens is 1. The van der Waals surface area contributed by atoms with Crippen molar-refractivity contribution in [1.29, 1.82) is 0 Å². The van der Waals surface area contributed by atoms with Crippen molar-refractivity contribution in [1.82, 2.24) is 0 Å². The Balaban J connectivity index is 2.54. The van der Waals surface area contributed by atoms with Gasteiger partial charge in [-0.1, -0.05) is 11.6 Å². The summed E-state index contributed by atoms with van der Waals surface area (Å²) in [6, 6.07) is 7.32. The molecule has 0 spiro atoms. The molecule has 1 aromatic heterocycles. The van der Waals surface area contributed by atoms with Crippen LogP contribution in [0, 0.1) is 13.8 Å². The Morgan fingerprint density at radius 3 is 2.56 bits per heavy atom. The summed E-state index contributed by atoms with van der Waals surface area (Å²) in [5, 5.41) is 0.695. The van der Waals surface area contributed by atoms with Crippen LogP contribution in [-0.4, -0.2) is 6.29 Å². The van der Waals surface area contributed by atoms with E-state index in [1.165, 1.54) is 0 Å². The van der Waals surface area contributed by atoms with Crippen molar-refractivity contribution in [2.75, 3.05) is 0 Å². The number of carbonyl (C=O) groups excluding carboxylic acids is 1. The quantitative estimate of drug-likeness (QED) is 0.735. The summed E-state index contributed by atoms with van der Waals surface area (Å²) in [6.07, 6.45) is 0.799. The second kappa shape index (κ2) is 4.14. The Labute approximate surface area is 98.8 Å². The van der Waals surface area contributed by atoms with Gasteiger partial charge in [0.2, 0.25) is 0 Å². The molecule has 0 aliphatic rings. The molecule has 3 heteroatoms. The van der Waals surface area contributed by atoms with E-state index in [0.29, 0.717) is 22.1 Å². The molecule has 0 saturated heterocycles. The lowest BCUT2D eigenvalue weighted by Crippen LogP contribution is -1.80. The SMILES string of the molecule is Cc1cc(Cl)ccc1-c1cc(C=O)c(C)o1. The van der Waals surface area contributed by atoms with Crippen molar-refractivity contribution in [3.05, 3.63) is 46.2 Å². The third-order valence-corrected chi connectivity index (χ3v) is 2.77. The molecular formula is C13H11ClO2. The van der Waals surface area contributed by atoms with Gasteiger partial charge >= 0.3 is 0 Å². The van der Waals surface area contributed by atoms with Crippen LogP contribution in [0.5, 0.6) is 0 Å². The highest BCUT2D eigenvalue weighted by Crippen LogP contribution is 2.29. The van der Waals surface area contributed by atoms with E-state index in [4.69, 9.17) is 16.0 Å². The van der Waals surface area contributed by atoms with Crippen LogP contribution in [0.15, 0.2) is 28.7 Å². The maximum Gasteiger partial charge on any atom is 0.153 e. The minimum Gasteiger partial charge on any atom is -0.461 e. The van der Waals surface area contributed by atoms with Gasteiger partial charge < -0.3 is 4.42 Å². The highest BCUT2D eigenvalue weighted by atomic mass is 35.5. The summed E-state index contributed by atoms with van der Waals surface area (Å²) >= 11 is 5.88. The molecule has 0 bridgehead atoms. The summed E-state index contributed by atoms with van der Waals surface area (Å²) in [5.74, 6) is 1.34. The van der Waals surface area contributed by atoms with Crippen molar-refractivity contribution in [3.63, 3.8) is 0 Å². The number of aldehydes is 1. The van der Waals surface area contributed by atoms with E-state index in [-0.39, 0.29) is 0 Å². The highest BCUT2D eigenvalue weighted by molar-refractivity contribution is 6.30. The Morgan fingerprint density at radius 1 is 1.25 bits per heavy atom. The molecule has 0 aliphatic carbocycles. The van der Waals surface area contributed by atoms with Gasteiger partial charge in [0.25, 0.3) is 0 Å². The molecule has 0 fully saturated rings. The first-order valence-electron chi connectivity index (χ1n) is 4.94. The van der Waals surface area contributed by atoms with Crippen LogP contribution in [-0.2, 0) is 0 Å². The van der Waals surface area contributed by atoms with Gasteiger partial charge in [-0.25, -0.2) is 0 Å². The van der Waals surface area contributed by atoms with Crippen LogP contribution < -0.4 is 0 Å². The number of furan rings is 1. The maximum absolute atomic E-state index is 10.7. The zero-order valence-electron chi connectivity index (χ0n) is 9.08. The number of benzene rings is 1. The predicted octanol–water partition coefficient (Wildman–Crippen LogP) is 4.03. The second-order valence-electron chi connectivity index (χ2n) is 3.70. The molecule has 2 rings (SSSR count). The topological polar surface area (TPSA) is 30.2 Å². The third-order valence-electron chi connectivity index (χ3n) is 2.54. The zero-order chi connectivity index (χ0) is 11.7. The average molecular weight is 235 g/mol. The van der Waals surface area contributed by atoms with Crippen molar-refractivity contribution < 1.29 is 9.21 Å². The van der Waals surface area contributed by atoms with E-state index in [2.05, 4.69) is 0 Å². The van der Waals surface area contributed by atoms with Gasteiger partial charge in [0.1, 0.15) is 11.5 Å². The molecule has 0 aliphatic heterocycles. The minimum absolute atomic E-state index is 0.587. The summed E-state index contributed by atoms with van der Waals surface area (Å²) in [5.41, 5.74) is 2.57. The van der Waals surface area contributed by atoms with Gasteiger partial charge in [0.05, 0.1) is 5.56 Å². The van der Waals surface area contributed by atoms with Crippen LogP contribution in [0.3, 0.4) is 0 Å². The lowest BCUT2D eigenvalue weighted by molar-refractivity contribution is 0.112. The van der Waals surface area contributed by atoms with E-state index in [1.807, 2.05) is 25.1 Å². The lowest BCUT2D eigenvalue weighted by Gasteiger charge is -2.02. The van der Waals surface area contributed by atoms with Crippen molar-refractivity contribution in [2.45, 2.75) is 13.8 Å². The molecule has 1 aromatic carbocycles. The standard InChI is InChI=1S/C13H11ClO2/c1-8-5-11(14)3-4-12(8)13-6-10(7-15)9(2)16-13/h3-7H,1-2H3. The van der Waals surface area contributed by atoms with Gasteiger partial charge in [-0.2, -0.15) is 0 Å². The fourth-order valence-electron chi connectivity index (χ4n) is 1.65. The Morgan fingerprint density at radius 2 is 2.00 bits per heavy atom. The first-order chi connectivity index (χ1) is 7.61. The smallest absolute Gasteiger partial charge is 0.153 e. The van der Waals surface area contributed by atoms with E-state index in [1.54, 1.807) is 13.0 Å². The fraction of sp³-hybridized carbons (Fsp3) is 0.154. The number of carbonyl (C=O) groups is 1. The molecule has 0 unspecified atom stereocenters. The first-order valence-corrected chi connectivity index (χ1v) is 5.31. The number of aryl methyl sites for hydroxylation is 2. The summed E-state index contributed by atoms with van der Waals surface area (Å²) < 4.78 is 5.54. The van der Waals surface area contributed by atoms with Crippen molar-refractivity contribution in [3.8, 4) is 11.3 Å². The molecule has 0 amide bonds. The van der Waals surface area contributed by atoms with Crippen LogP contribution in [0.2, 0.25) is 5.02 Å². The Bertz CT molecular complexity index is 541. The highest BCUT2D eigenvalue weighted by Gasteiger charge is 2.10. The summed E-state index contributed by atoms with van der Waals surface area (Å²) in [4.78, 5) is 10.7. The molecule has 2 nitrogen and oxygen atoms in total. The molecule has 0 N–H and O–H groups in total. The summed E-state index contributed by atoms with van der Waals surface area (Å²) in [7, 11) is 0. The largest absolute Gasteiger partial charge is 0.461 e. The molecule has 0 saturated carbocycles. The van der Waals surface area contributed by atoms with Crippen LogP contribution in [0.4, 0.5) is 0 Å². The molecule has 0 atom stereocenters. The summed E-state index contributed by atoms with van der Waals surface area (Å²) in [6.45, 7) is 3.73. The van der Waals surface area contributed by atoms with Gasteiger partial charge in [-0.15, -0.1) is 0 Å². The zero-order valence-corrected chi connectivity index (χ0v) is 9.84. The van der Waals surface area contributed by atoms with E-state index < -0.39 is 0 Å². The van der Waals surface area contributed by atoms with Crippen LogP contribution >= 0.6 is 11.6 Å². The normalized spacial score (nSPS) is 10.4. The number of rotatable bonds is 2. The van der Waals surface area contributed by atoms with Crippen molar-refractivity contribution in [2.24, 2.45) is 0 Å². The maximum atomic E-state index is 10.7. The van der Waals surface area contributed by atoms with Gasteiger partial charge in [-0.05, 0) is 43.7 Å².